The van der Waals surface area contributed by atoms with Crippen molar-refractivity contribution in [3.63, 3.8) is 0 Å². The zero-order valence-electron chi connectivity index (χ0n) is 16.5. The molecule has 0 saturated heterocycles. The topological polar surface area (TPSA) is 106 Å². The van der Waals surface area contributed by atoms with Crippen LogP contribution in [0.25, 0.3) is 11.6 Å². The lowest BCUT2D eigenvalue weighted by Crippen LogP contribution is -2.29. The first-order valence-electron chi connectivity index (χ1n) is 8.92. The van der Waals surface area contributed by atoms with Crippen molar-refractivity contribution in [3.05, 3.63) is 73.0 Å². The molecule has 3 amide bonds. The van der Waals surface area contributed by atoms with Crippen LogP contribution in [0, 0.1) is 0 Å². The Labute approximate surface area is 213 Å². The number of benzene rings is 1. The number of imide groups is 1. The third-order valence-electron chi connectivity index (χ3n) is 3.96. The quantitative estimate of drug-likeness (QED) is 0.376. The Morgan fingerprint density at radius 2 is 1.91 bits per heavy atom. The Kier molecular flexibility index (Phi) is 8.01. The number of hydrogen-bond acceptors (Lipinski definition) is 5. The Balaban J connectivity index is 1.95. The van der Waals surface area contributed by atoms with Gasteiger partial charge in [0, 0.05) is 34.8 Å². The fraction of sp³-hybridized carbons (Fsp3) is 0.0500. The average Bonchev–Trinajstić information content (AvgIpc) is 3.11. The van der Waals surface area contributed by atoms with E-state index in [9.17, 15) is 14.4 Å². The largest absolute Gasteiger partial charge is 0.321 e. The molecule has 2 heterocycles. The lowest BCUT2D eigenvalue weighted by atomic mass is 10.1. The van der Waals surface area contributed by atoms with Gasteiger partial charge in [0.2, 0.25) is 5.91 Å². The number of carbonyl (C=O) groups excluding carboxylic acids is 3. The van der Waals surface area contributed by atoms with Crippen molar-refractivity contribution >= 4 is 84.3 Å². The van der Waals surface area contributed by atoms with Gasteiger partial charge in [0.15, 0.2) is 11.6 Å². The van der Waals surface area contributed by atoms with E-state index in [1.807, 2.05) is 0 Å². The number of anilines is 1. The molecule has 0 atom stereocenters. The lowest BCUT2D eigenvalue weighted by molar-refractivity contribution is -0.118. The number of pyridine rings is 1. The fourth-order valence-corrected chi connectivity index (χ4v) is 4.16. The molecule has 1 aromatic carbocycles. The van der Waals surface area contributed by atoms with Gasteiger partial charge in [0.05, 0.1) is 16.3 Å². The molecule has 3 aromatic rings. The highest BCUT2D eigenvalue weighted by Crippen LogP contribution is 2.31. The second-order valence-corrected chi connectivity index (χ2v) is 8.89. The van der Waals surface area contributed by atoms with Crippen LogP contribution in [0.5, 0.6) is 0 Å². The number of amides is 3. The molecule has 3 rings (SSSR count). The van der Waals surface area contributed by atoms with E-state index in [2.05, 4.69) is 52.6 Å². The molecule has 0 saturated carbocycles. The van der Waals surface area contributed by atoms with E-state index < -0.39 is 23.5 Å². The number of nitrogens with one attached hydrogen (secondary N) is 2. The molecule has 0 aliphatic rings. The van der Waals surface area contributed by atoms with Gasteiger partial charge in [0.1, 0.15) is 10.3 Å². The summed E-state index contributed by atoms with van der Waals surface area (Å²) >= 11 is 18.5. The maximum absolute atomic E-state index is 15.1. The molecule has 0 aliphatic heterocycles. The molecule has 0 fully saturated rings. The van der Waals surface area contributed by atoms with E-state index >= 15 is 4.39 Å². The molecule has 2 aromatic heterocycles. The van der Waals surface area contributed by atoms with Gasteiger partial charge in [-0.2, -0.15) is 5.10 Å². The van der Waals surface area contributed by atoms with Crippen molar-refractivity contribution in [2.45, 2.75) is 6.92 Å². The van der Waals surface area contributed by atoms with Crippen LogP contribution < -0.4 is 10.6 Å². The van der Waals surface area contributed by atoms with Gasteiger partial charge in [-0.3, -0.25) is 19.7 Å². The molecule has 170 valence electrons. The molecule has 33 heavy (non-hydrogen) atoms. The lowest BCUT2D eigenvalue weighted by Gasteiger charge is -2.12. The molecule has 0 spiro atoms. The summed E-state index contributed by atoms with van der Waals surface area (Å²) in [6, 6.07) is 7.19. The highest BCUT2D eigenvalue weighted by molar-refractivity contribution is 9.10. The summed E-state index contributed by atoms with van der Waals surface area (Å²) in [5.74, 6) is -3.09. The van der Waals surface area contributed by atoms with Crippen molar-refractivity contribution in [2.24, 2.45) is 0 Å². The van der Waals surface area contributed by atoms with Crippen LogP contribution in [0.4, 0.5) is 10.1 Å². The molecule has 0 unspecified atom stereocenters. The molecule has 0 radical (unpaired) electrons. The van der Waals surface area contributed by atoms with Gasteiger partial charge in [0.25, 0.3) is 11.8 Å². The number of nitrogens with zero attached hydrogens (tertiary/aromatic N) is 3. The summed E-state index contributed by atoms with van der Waals surface area (Å²) in [6.07, 6.45) is 2.13. The minimum Gasteiger partial charge on any atom is -0.321 e. The van der Waals surface area contributed by atoms with Crippen LogP contribution in [-0.4, -0.2) is 32.5 Å². The standard InChI is InChI=1S/C20H12Br2Cl2FN5O3/c1-9(31)27-20(33)11-5-10(23)6-12(21)18(11)28-17(32)7-14(25)15-8-16(22)29-30(15)19-13(24)3-2-4-26-19/h2-8H,1H3,(H,28,32)(H,27,31,33)/b14-7-. The van der Waals surface area contributed by atoms with E-state index in [4.69, 9.17) is 23.2 Å². The summed E-state index contributed by atoms with van der Waals surface area (Å²) < 4.78 is 16.7. The normalized spacial score (nSPS) is 11.3. The van der Waals surface area contributed by atoms with Gasteiger partial charge >= 0.3 is 0 Å². The smallest absolute Gasteiger partial charge is 0.260 e. The molecule has 0 aliphatic carbocycles. The summed E-state index contributed by atoms with van der Waals surface area (Å²) in [4.78, 5) is 40.3. The molecule has 0 bridgehead atoms. The Hall–Kier alpha value is -2.60. The van der Waals surface area contributed by atoms with Crippen molar-refractivity contribution in [3.8, 4) is 5.82 Å². The second kappa shape index (κ2) is 10.6. The first kappa shape index (κ1) is 25.0. The van der Waals surface area contributed by atoms with Crippen molar-refractivity contribution in [1.29, 1.82) is 0 Å². The average molecular weight is 620 g/mol. The van der Waals surface area contributed by atoms with Crippen LogP contribution in [-0.2, 0) is 9.59 Å². The summed E-state index contributed by atoms with van der Waals surface area (Å²) in [5, 5.41) is 9.02. The highest BCUT2D eigenvalue weighted by Gasteiger charge is 2.20. The van der Waals surface area contributed by atoms with Crippen LogP contribution in [0.15, 0.2) is 51.7 Å². The van der Waals surface area contributed by atoms with Gasteiger partial charge in [-0.15, -0.1) is 0 Å². The van der Waals surface area contributed by atoms with Gasteiger partial charge < -0.3 is 5.32 Å². The number of aromatic nitrogens is 3. The third-order valence-corrected chi connectivity index (χ3v) is 5.49. The summed E-state index contributed by atoms with van der Waals surface area (Å²) in [7, 11) is 0. The number of halogens is 5. The van der Waals surface area contributed by atoms with Crippen LogP contribution in [0.1, 0.15) is 23.0 Å². The monoisotopic (exact) mass is 617 g/mol. The number of hydrogen-bond donors (Lipinski definition) is 2. The van der Waals surface area contributed by atoms with Crippen LogP contribution in [0.2, 0.25) is 10.0 Å². The van der Waals surface area contributed by atoms with E-state index in [0.29, 0.717) is 6.08 Å². The van der Waals surface area contributed by atoms with E-state index in [1.54, 1.807) is 12.1 Å². The van der Waals surface area contributed by atoms with Gasteiger partial charge in [-0.05, 0) is 56.1 Å². The van der Waals surface area contributed by atoms with Crippen LogP contribution in [0.3, 0.4) is 0 Å². The second-order valence-electron chi connectivity index (χ2n) is 6.37. The minimum atomic E-state index is -0.952. The fourth-order valence-electron chi connectivity index (χ4n) is 2.67. The Morgan fingerprint density at radius 1 is 1.18 bits per heavy atom. The third kappa shape index (κ3) is 6.05. The highest BCUT2D eigenvalue weighted by atomic mass is 79.9. The first-order valence-corrected chi connectivity index (χ1v) is 11.3. The minimum absolute atomic E-state index is 0.00495. The zero-order valence-corrected chi connectivity index (χ0v) is 21.2. The molecule has 13 heteroatoms. The van der Waals surface area contributed by atoms with E-state index in [1.165, 1.54) is 24.4 Å². The maximum Gasteiger partial charge on any atom is 0.260 e. The van der Waals surface area contributed by atoms with Gasteiger partial charge in [-0.1, -0.05) is 23.2 Å². The van der Waals surface area contributed by atoms with Crippen molar-refractivity contribution in [2.75, 3.05) is 5.32 Å². The zero-order chi connectivity index (χ0) is 24.3. The molecular weight excluding hydrogens is 608 g/mol. The van der Waals surface area contributed by atoms with Crippen molar-refractivity contribution < 1.29 is 18.8 Å². The maximum atomic E-state index is 15.1. The Morgan fingerprint density at radius 3 is 2.58 bits per heavy atom. The van der Waals surface area contributed by atoms with Crippen molar-refractivity contribution in [1.82, 2.24) is 20.1 Å². The van der Waals surface area contributed by atoms with Crippen LogP contribution >= 0.6 is 55.1 Å². The van der Waals surface area contributed by atoms with Gasteiger partial charge in [-0.25, -0.2) is 14.1 Å². The summed E-state index contributed by atoms with van der Waals surface area (Å²) in [5.41, 5.74) is -0.197. The number of rotatable bonds is 5. The first-order chi connectivity index (χ1) is 15.6. The van der Waals surface area contributed by atoms with E-state index in [0.717, 1.165) is 11.6 Å². The SMILES string of the molecule is CC(=O)NC(=O)c1cc(Cl)cc(Br)c1NC(=O)/C=C(\F)c1cc(Br)nn1-c1ncccc1Cl. The van der Waals surface area contributed by atoms with E-state index in [-0.39, 0.29) is 41.9 Å². The molecular formula is C20H12Br2Cl2FN5O3. The predicted molar refractivity (Wildman–Crippen MR) is 129 cm³/mol. The summed E-state index contributed by atoms with van der Waals surface area (Å²) in [6.45, 7) is 1.16. The Bertz CT molecular complexity index is 1310. The molecule has 8 nitrogen and oxygen atoms in total. The molecule has 2 N–H and O–H groups in total. The predicted octanol–water partition coefficient (Wildman–Crippen LogP) is 5.32. The number of carbonyl (C=O) groups is 3.